The molecule has 0 aliphatic heterocycles. The minimum absolute atomic E-state index is 0.0893. The zero-order chi connectivity index (χ0) is 16.6. The van der Waals surface area contributed by atoms with Gasteiger partial charge in [-0.3, -0.25) is 25.2 Å². The Bertz CT molecular complexity index is 686. The molecule has 7 heteroatoms. The lowest BCUT2D eigenvalue weighted by molar-refractivity contribution is -0.148. The number of nitrogens with one attached hydrogen (secondary N) is 2. The number of halogens is 1. The van der Waals surface area contributed by atoms with Gasteiger partial charge in [-0.05, 0) is 42.5 Å². The Kier molecular flexibility index (Phi) is 4.09. The van der Waals surface area contributed by atoms with Gasteiger partial charge in [0.15, 0.2) is 0 Å². The Balaban J connectivity index is 1.63. The van der Waals surface area contributed by atoms with E-state index in [1.807, 2.05) is 12.2 Å². The molecule has 4 atom stereocenters. The largest absolute Gasteiger partial charge is 0.481 e. The highest BCUT2D eigenvalue weighted by atomic mass is 35.5. The van der Waals surface area contributed by atoms with Crippen molar-refractivity contribution in [1.29, 1.82) is 0 Å². The van der Waals surface area contributed by atoms with Crippen LogP contribution in [0.4, 0.5) is 0 Å². The molecule has 0 saturated heterocycles. The summed E-state index contributed by atoms with van der Waals surface area (Å²) in [6, 6.07) is 6.20. The van der Waals surface area contributed by atoms with Crippen LogP contribution < -0.4 is 10.9 Å². The average molecular weight is 335 g/mol. The molecule has 3 N–H and O–H groups in total. The number of aliphatic carboxylic acids is 1. The van der Waals surface area contributed by atoms with E-state index in [-0.39, 0.29) is 11.8 Å². The van der Waals surface area contributed by atoms with Gasteiger partial charge in [-0.25, -0.2) is 0 Å². The number of carboxylic acid groups (broad SMARTS) is 1. The van der Waals surface area contributed by atoms with Gasteiger partial charge in [0.05, 0.1) is 11.8 Å². The Morgan fingerprint density at radius 3 is 2.22 bits per heavy atom. The van der Waals surface area contributed by atoms with Crippen molar-refractivity contribution in [3.63, 3.8) is 0 Å². The topological polar surface area (TPSA) is 95.5 Å². The van der Waals surface area contributed by atoms with E-state index >= 15 is 0 Å². The van der Waals surface area contributed by atoms with Crippen LogP contribution in [0, 0.1) is 23.7 Å². The molecule has 23 heavy (non-hydrogen) atoms. The second-order valence-corrected chi connectivity index (χ2v) is 6.22. The SMILES string of the molecule is O=C(NNC(=O)[C@H]1[C@H](C(=O)O)[C@H]2C=C[C@H]1C2)c1ccc(Cl)cc1. The first-order valence-corrected chi connectivity index (χ1v) is 7.62. The summed E-state index contributed by atoms with van der Waals surface area (Å²) in [6.07, 6.45) is 4.41. The summed E-state index contributed by atoms with van der Waals surface area (Å²) < 4.78 is 0. The van der Waals surface area contributed by atoms with Crippen LogP contribution in [0.3, 0.4) is 0 Å². The first-order chi connectivity index (χ1) is 11.0. The van der Waals surface area contributed by atoms with Crippen molar-refractivity contribution in [1.82, 2.24) is 10.9 Å². The van der Waals surface area contributed by atoms with E-state index in [1.165, 1.54) is 12.1 Å². The Morgan fingerprint density at radius 1 is 1.00 bits per heavy atom. The first-order valence-electron chi connectivity index (χ1n) is 7.24. The predicted molar refractivity (Wildman–Crippen MR) is 82.4 cm³/mol. The van der Waals surface area contributed by atoms with Gasteiger partial charge < -0.3 is 5.11 Å². The van der Waals surface area contributed by atoms with Crippen LogP contribution in [0.1, 0.15) is 16.8 Å². The molecule has 0 spiro atoms. The third-order valence-electron chi connectivity index (χ3n) is 4.45. The smallest absolute Gasteiger partial charge is 0.307 e. The summed E-state index contributed by atoms with van der Waals surface area (Å²) in [4.78, 5) is 35.6. The standard InChI is InChI=1S/C16H15ClN2O4/c17-11-5-3-8(4-6-11)14(20)18-19-15(21)12-9-1-2-10(7-9)13(12)16(22)23/h1-6,9-10,12-13H,7H2,(H,18,20)(H,19,21)(H,22,23)/t9-,10-,12+,13+/m0/s1. The summed E-state index contributed by atoms with van der Waals surface area (Å²) >= 11 is 5.75. The van der Waals surface area contributed by atoms with Crippen LogP contribution >= 0.6 is 11.6 Å². The minimum Gasteiger partial charge on any atom is -0.481 e. The Labute approximate surface area is 137 Å². The maximum absolute atomic E-state index is 12.3. The molecule has 1 aromatic rings. The van der Waals surface area contributed by atoms with Crippen LogP contribution in [-0.2, 0) is 9.59 Å². The number of carbonyl (C=O) groups is 3. The molecule has 1 fully saturated rings. The third kappa shape index (κ3) is 2.94. The number of fused-ring (bicyclic) bond motifs is 2. The van der Waals surface area contributed by atoms with Crippen molar-refractivity contribution in [3.05, 3.63) is 47.0 Å². The summed E-state index contributed by atoms with van der Waals surface area (Å²) in [5.74, 6) is -3.54. The molecule has 3 rings (SSSR count). The van der Waals surface area contributed by atoms with Crippen LogP contribution in [-0.4, -0.2) is 22.9 Å². The fraction of sp³-hybridized carbons (Fsp3) is 0.312. The molecule has 2 aliphatic rings. The van der Waals surface area contributed by atoms with E-state index < -0.39 is 29.6 Å². The molecule has 2 aliphatic carbocycles. The number of hydrogen-bond acceptors (Lipinski definition) is 3. The number of allylic oxidation sites excluding steroid dienone is 2. The number of hydrogen-bond donors (Lipinski definition) is 3. The third-order valence-corrected chi connectivity index (χ3v) is 4.70. The van der Waals surface area contributed by atoms with Gasteiger partial charge in [0.1, 0.15) is 0 Å². The molecule has 2 amide bonds. The zero-order valence-electron chi connectivity index (χ0n) is 12.0. The second-order valence-electron chi connectivity index (χ2n) is 5.79. The van der Waals surface area contributed by atoms with Gasteiger partial charge in [0.2, 0.25) is 5.91 Å². The fourth-order valence-electron chi connectivity index (χ4n) is 3.39. The van der Waals surface area contributed by atoms with Gasteiger partial charge in [-0.15, -0.1) is 0 Å². The van der Waals surface area contributed by atoms with Crippen molar-refractivity contribution < 1.29 is 19.5 Å². The lowest BCUT2D eigenvalue weighted by Crippen LogP contribution is -2.48. The van der Waals surface area contributed by atoms with E-state index in [1.54, 1.807) is 12.1 Å². The van der Waals surface area contributed by atoms with Gasteiger partial charge in [-0.2, -0.15) is 0 Å². The lowest BCUT2D eigenvalue weighted by atomic mass is 9.82. The monoisotopic (exact) mass is 334 g/mol. The number of carboxylic acids is 1. The molecule has 1 aromatic carbocycles. The predicted octanol–water partition coefficient (Wildman–Crippen LogP) is 1.62. The van der Waals surface area contributed by atoms with Crippen LogP contribution in [0.2, 0.25) is 5.02 Å². The normalized spacial score (nSPS) is 27.7. The van der Waals surface area contributed by atoms with E-state index in [9.17, 15) is 19.5 Å². The van der Waals surface area contributed by atoms with Crippen LogP contribution in [0.15, 0.2) is 36.4 Å². The molecule has 0 heterocycles. The van der Waals surface area contributed by atoms with Crippen molar-refractivity contribution in [2.24, 2.45) is 23.7 Å². The molecule has 2 bridgehead atoms. The van der Waals surface area contributed by atoms with E-state index in [2.05, 4.69) is 10.9 Å². The van der Waals surface area contributed by atoms with Gasteiger partial charge in [-0.1, -0.05) is 23.8 Å². The number of carbonyl (C=O) groups excluding carboxylic acids is 2. The molecule has 0 unspecified atom stereocenters. The van der Waals surface area contributed by atoms with Crippen molar-refractivity contribution in [3.8, 4) is 0 Å². The molecule has 0 radical (unpaired) electrons. The quantitative estimate of drug-likeness (QED) is 0.578. The number of hydrazine groups is 1. The van der Waals surface area contributed by atoms with Crippen LogP contribution in [0.5, 0.6) is 0 Å². The van der Waals surface area contributed by atoms with Crippen molar-refractivity contribution in [2.45, 2.75) is 6.42 Å². The Hall–Kier alpha value is -2.34. The molecule has 120 valence electrons. The molecule has 1 saturated carbocycles. The van der Waals surface area contributed by atoms with E-state index in [4.69, 9.17) is 11.6 Å². The van der Waals surface area contributed by atoms with Crippen molar-refractivity contribution >= 4 is 29.4 Å². The Morgan fingerprint density at radius 2 is 1.61 bits per heavy atom. The molecular weight excluding hydrogens is 320 g/mol. The highest BCUT2D eigenvalue weighted by Gasteiger charge is 2.51. The van der Waals surface area contributed by atoms with E-state index in [0.29, 0.717) is 17.0 Å². The maximum Gasteiger partial charge on any atom is 0.307 e. The number of amides is 2. The summed E-state index contributed by atoms with van der Waals surface area (Å²) in [5, 5.41) is 9.83. The summed E-state index contributed by atoms with van der Waals surface area (Å²) in [7, 11) is 0. The summed E-state index contributed by atoms with van der Waals surface area (Å²) in [5.41, 5.74) is 5.00. The van der Waals surface area contributed by atoms with Gasteiger partial charge >= 0.3 is 5.97 Å². The zero-order valence-corrected chi connectivity index (χ0v) is 12.8. The highest BCUT2D eigenvalue weighted by Crippen LogP contribution is 2.48. The average Bonchev–Trinajstić information content (AvgIpc) is 3.13. The molecular formula is C16H15ClN2O4. The van der Waals surface area contributed by atoms with Gasteiger partial charge in [0.25, 0.3) is 5.91 Å². The first kappa shape index (κ1) is 15.6. The minimum atomic E-state index is -0.981. The maximum atomic E-state index is 12.3. The highest BCUT2D eigenvalue weighted by molar-refractivity contribution is 6.30. The number of benzene rings is 1. The summed E-state index contributed by atoms with van der Waals surface area (Å²) in [6.45, 7) is 0. The second kappa shape index (κ2) is 6.04. The van der Waals surface area contributed by atoms with Gasteiger partial charge in [0, 0.05) is 10.6 Å². The molecule has 0 aromatic heterocycles. The van der Waals surface area contributed by atoms with Crippen LogP contribution in [0.25, 0.3) is 0 Å². The van der Waals surface area contributed by atoms with E-state index in [0.717, 1.165) is 0 Å². The number of rotatable bonds is 3. The van der Waals surface area contributed by atoms with Crippen molar-refractivity contribution in [2.75, 3.05) is 0 Å². The molecule has 6 nitrogen and oxygen atoms in total. The lowest BCUT2D eigenvalue weighted by Gasteiger charge is -2.23. The fourth-order valence-corrected chi connectivity index (χ4v) is 3.52.